The van der Waals surface area contributed by atoms with Gasteiger partial charge in [-0.05, 0) is 29.3 Å². The van der Waals surface area contributed by atoms with Crippen molar-refractivity contribution in [3.8, 4) is 6.07 Å². The highest BCUT2D eigenvalue weighted by Crippen LogP contribution is 2.24. The molecule has 0 aliphatic carbocycles. The third-order valence-corrected chi connectivity index (χ3v) is 3.37. The fourth-order valence-electron chi connectivity index (χ4n) is 2.38. The van der Waals surface area contributed by atoms with Crippen molar-refractivity contribution in [1.82, 2.24) is 4.90 Å². The number of carbonyl (C=O) groups excluding carboxylic acids is 1. The van der Waals surface area contributed by atoms with Gasteiger partial charge in [-0.1, -0.05) is 30.3 Å². The molecule has 3 heteroatoms. The molecule has 0 fully saturated rings. The first-order chi connectivity index (χ1) is 9.28. The maximum atomic E-state index is 12.4. The molecule has 1 aliphatic heterocycles. The summed E-state index contributed by atoms with van der Waals surface area (Å²) in [5, 5.41) is 8.88. The number of fused-ring (bicyclic) bond motifs is 1. The summed E-state index contributed by atoms with van der Waals surface area (Å²) in [5.41, 5.74) is 3.49. The minimum absolute atomic E-state index is 0.0201. The van der Waals surface area contributed by atoms with Crippen LogP contribution in [0.25, 0.3) is 0 Å². The summed E-state index contributed by atoms with van der Waals surface area (Å²) >= 11 is 0. The summed E-state index contributed by atoms with van der Waals surface area (Å²) in [4.78, 5) is 14.2. The lowest BCUT2D eigenvalue weighted by Crippen LogP contribution is -2.25. The van der Waals surface area contributed by atoms with Gasteiger partial charge in [-0.3, -0.25) is 4.79 Å². The third-order valence-electron chi connectivity index (χ3n) is 3.37. The molecule has 0 radical (unpaired) electrons. The Kier molecular flexibility index (Phi) is 2.77. The lowest BCUT2D eigenvalue weighted by atomic mass is 10.1. The highest BCUT2D eigenvalue weighted by atomic mass is 16.2. The molecule has 1 aliphatic rings. The predicted octanol–water partition coefficient (Wildman–Crippen LogP) is 2.71. The van der Waals surface area contributed by atoms with Crippen molar-refractivity contribution in [3.63, 3.8) is 0 Å². The van der Waals surface area contributed by atoms with E-state index in [1.165, 1.54) is 11.1 Å². The van der Waals surface area contributed by atoms with Gasteiger partial charge < -0.3 is 4.90 Å². The van der Waals surface area contributed by atoms with E-state index in [-0.39, 0.29) is 5.91 Å². The Bertz CT molecular complexity index is 660. The van der Waals surface area contributed by atoms with Crippen molar-refractivity contribution in [2.24, 2.45) is 0 Å². The first kappa shape index (κ1) is 11.5. The van der Waals surface area contributed by atoms with Crippen LogP contribution in [0.2, 0.25) is 0 Å². The topological polar surface area (TPSA) is 44.1 Å². The van der Waals surface area contributed by atoms with Crippen molar-refractivity contribution < 1.29 is 4.79 Å². The Morgan fingerprint density at radius 1 is 1.05 bits per heavy atom. The average molecular weight is 248 g/mol. The van der Waals surface area contributed by atoms with E-state index in [0.29, 0.717) is 24.2 Å². The molecule has 0 spiro atoms. The number of benzene rings is 2. The van der Waals surface area contributed by atoms with Gasteiger partial charge in [0, 0.05) is 18.7 Å². The zero-order valence-corrected chi connectivity index (χ0v) is 10.3. The molecule has 0 atom stereocenters. The fraction of sp³-hybridized carbons (Fsp3) is 0.125. The van der Waals surface area contributed by atoms with Crippen molar-refractivity contribution >= 4 is 5.91 Å². The smallest absolute Gasteiger partial charge is 0.254 e. The van der Waals surface area contributed by atoms with E-state index in [1.54, 1.807) is 29.2 Å². The number of nitriles is 1. The predicted molar refractivity (Wildman–Crippen MR) is 71.2 cm³/mol. The molecule has 19 heavy (non-hydrogen) atoms. The highest BCUT2D eigenvalue weighted by Gasteiger charge is 2.23. The standard InChI is InChI=1S/C16H12N2O/c17-9-12-4-3-7-13(8-12)16(19)18-10-14-5-1-2-6-15(14)11-18/h1-8H,10-11H2. The van der Waals surface area contributed by atoms with Crippen LogP contribution in [0.15, 0.2) is 48.5 Å². The molecule has 1 heterocycles. The van der Waals surface area contributed by atoms with Gasteiger partial charge in [0.25, 0.3) is 5.91 Å². The molecule has 0 bridgehead atoms. The number of rotatable bonds is 1. The second-order valence-corrected chi connectivity index (χ2v) is 4.62. The number of amides is 1. The van der Waals surface area contributed by atoms with Gasteiger partial charge in [-0.2, -0.15) is 5.26 Å². The van der Waals surface area contributed by atoms with Crippen LogP contribution < -0.4 is 0 Å². The second kappa shape index (κ2) is 4.58. The first-order valence-corrected chi connectivity index (χ1v) is 6.14. The van der Waals surface area contributed by atoms with Gasteiger partial charge in [0.2, 0.25) is 0 Å². The monoisotopic (exact) mass is 248 g/mol. The van der Waals surface area contributed by atoms with Crippen LogP contribution in [-0.2, 0) is 13.1 Å². The molecular formula is C16H12N2O. The zero-order chi connectivity index (χ0) is 13.2. The Morgan fingerprint density at radius 3 is 2.37 bits per heavy atom. The van der Waals surface area contributed by atoms with E-state index in [2.05, 4.69) is 6.07 Å². The summed E-state index contributed by atoms with van der Waals surface area (Å²) < 4.78 is 0. The molecule has 0 aromatic heterocycles. The second-order valence-electron chi connectivity index (χ2n) is 4.62. The molecule has 1 amide bonds. The molecule has 0 N–H and O–H groups in total. The summed E-state index contributed by atoms with van der Waals surface area (Å²) in [6, 6.07) is 17.0. The van der Waals surface area contributed by atoms with Gasteiger partial charge in [-0.15, -0.1) is 0 Å². The maximum Gasteiger partial charge on any atom is 0.254 e. The molecule has 3 rings (SSSR count). The van der Waals surface area contributed by atoms with Gasteiger partial charge >= 0.3 is 0 Å². The molecule has 0 saturated carbocycles. The number of nitrogens with zero attached hydrogens (tertiary/aromatic N) is 2. The van der Waals surface area contributed by atoms with Gasteiger partial charge in [-0.25, -0.2) is 0 Å². The van der Waals surface area contributed by atoms with Crippen LogP contribution in [0, 0.1) is 11.3 Å². The molecule has 92 valence electrons. The minimum Gasteiger partial charge on any atom is -0.330 e. The summed E-state index contributed by atoms with van der Waals surface area (Å²) in [6.45, 7) is 1.29. The van der Waals surface area contributed by atoms with E-state index >= 15 is 0 Å². The van der Waals surface area contributed by atoms with Gasteiger partial charge in [0.15, 0.2) is 0 Å². The van der Waals surface area contributed by atoms with Crippen molar-refractivity contribution in [2.45, 2.75) is 13.1 Å². The summed E-state index contributed by atoms with van der Waals surface area (Å²) in [6.07, 6.45) is 0. The Labute approximate surface area is 111 Å². The van der Waals surface area contributed by atoms with Gasteiger partial charge in [0.05, 0.1) is 11.6 Å². The Hall–Kier alpha value is -2.60. The van der Waals surface area contributed by atoms with Crippen LogP contribution in [0.1, 0.15) is 27.0 Å². The quantitative estimate of drug-likeness (QED) is 0.778. The lowest BCUT2D eigenvalue weighted by molar-refractivity contribution is 0.0751. The van der Waals surface area contributed by atoms with E-state index in [0.717, 1.165) is 0 Å². The summed E-state index contributed by atoms with van der Waals surface area (Å²) in [7, 11) is 0. The van der Waals surface area contributed by atoms with Crippen LogP contribution in [0.5, 0.6) is 0 Å². The molecule has 2 aromatic carbocycles. The number of hydrogen-bond donors (Lipinski definition) is 0. The first-order valence-electron chi connectivity index (χ1n) is 6.14. The van der Waals surface area contributed by atoms with Crippen LogP contribution in [0.3, 0.4) is 0 Å². The van der Waals surface area contributed by atoms with E-state index < -0.39 is 0 Å². The largest absolute Gasteiger partial charge is 0.330 e. The zero-order valence-electron chi connectivity index (χ0n) is 10.3. The number of carbonyl (C=O) groups is 1. The van der Waals surface area contributed by atoms with Crippen molar-refractivity contribution in [2.75, 3.05) is 0 Å². The van der Waals surface area contributed by atoms with Crippen LogP contribution in [0.4, 0.5) is 0 Å². The van der Waals surface area contributed by atoms with Gasteiger partial charge in [0.1, 0.15) is 0 Å². The van der Waals surface area contributed by atoms with Crippen molar-refractivity contribution in [1.29, 1.82) is 5.26 Å². The Balaban J connectivity index is 1.85. The molecule has 0 unspecified atom stereocenters. The molecule has 3 nitrogen and oxygen atoms in total. The van der Waals surface area contributed by atoms with Crippen molar-refractivity contribution in [3.05, 3.63) is 70.8 Å². The maximum absolute atomic E-state index is 12.4. The third kappa shape index (κ3) is 2.09. The lowest BCUT2D eigenvalue weighted by Gasteiger charge is -2.15. The molecule has 0 saturated heterocycles. The van der Waals surface area contributed by atoms with E-state index in [4.69, 9.17) is 5.26 Å². The highest BCUT2D eigenvalue weighted by molar-refractivity contribution is 5.94. The van der Waals surface area contributed by atoms with E-state index in [9.17, 15) is 4.79 Å². The SMILES string of the molecule is N#Cc1cccc(C(=O)N2Cc3ccccc3C2)c1. The molecule has 2 aromatic rings. The van der Waals surface area contributed by atoms with E-state index in [1.807, 2.05) is 24.3 Å². The normalized spacial score (nSPS) is 12.9. The van der Waals surface area contributed by atoms with Crippen LogP contribution >= 0.6 is 0 Å². The Morgan fingerprint density at radius 2 is 1.74 bits per heavy atom. The van der Waals surface area contributed by atoms with Crippen LogP contribution in [-0.4, -0.2) is 10.8 Å². The minimum atomic E-state index is -0.0201. The summed E-state index contributed by atoms with van der Waals surface area (Å²) in [5.74, 6) is -0.0201. The molecular weight excluding hydrogens is 236 g/mol. The average Bonchev–Trinajstić information content (AvgIpc) is 2.90. The fourth-order valence-corrected chi connectivity index (χ4v) is 2.38. The number of hydrogen-bond acceptors (Lipinski definition) is 2.